The topological polar surface area (TPSA) is 42.0 Å². The zero-order chi connectivity index (χ0) is 13.8. The first kappa shape index (κ1) is 14.0. The molecule has 1 aromatic heterocycles. The third-order valence-corrected chi connectivity index (χ3v) is 3.13. The molecular formula is C13H9BrClFN2O. The van der Waals surface area contributed by atoms with Gasteiger partial charge in [-0.3, -0.25) is 4.79 Å². The van der Waals surface area contributed by atoms with E-state index in [9.17, 15) is 9.18 Å². The number of amides is 1. The van der Waals surface area contributed by atoms with Gasteiger partial charge in [0.15, 0.2) is 0 Å². The highest BCUT2D eigenvalue weighted by Crippen LogP contribution is 2.18. The van der Waals surface area contributed by atoms with Crippen LogP contribution in [-0.4, -0.2) is 10.9 Å². The lowest BCUT2D eigenvalue weighted by molar-refractivity contribution is 0.0950. The van der Waals surface area contributed by atoms with Crippen LogP contribution < -0.4 is 5.32 Å². The number of halogens is 3. The molecule has 1 aromatic carbocycles. The lowest BCUT2D eigenvalue weighted by Crippen LogP contribution is -2.23. The van der Waals surface area contributed by atoms with E-state index in [4.69, 9.17) is 11.6 Å². The van der Waals surface area contributed by atoms with E-state index in [1.165, 1.54) is 18.3 Å². The van der Waals surface area contributed by atoms with Crippen LogP contribution >= 0.6 is 27.5 Å². The van der Waals surface area contributed by atoms with E-state index in [1.54, 1.807) is 18.2 Å². The minimum atomic E-state index is -0.358. The largest absolute Gasteiger partial charge is 0.348 e. The van der Waals surface area contributed by atoms with Crippen LogP contribution in [0, 0.1) is 5.82 Å². The smallest absolute Gasteiger partial charge is 0.254 e. The maximum Gasteiger partial charge on any atom is 0.254 e. The van der Waals surface area contributed by atoms with Crippen molar-refractivity contribution in [2.45, 2.75) is 6.54 Å². The molecule has 3 nitrogen and oxygen atoms in total. The summed E-state index contributed by atoms with van der Waals surface area (Å²) in [4.78, 5) is 15.8. The number of hydrogen-bond acceptors (Lipinski definition) is 2. The number of nitrogens with zero attached hydrogens (tertiary/aromatic N) is 1. The molecule has 0 aliphatic carbocycles. The number of nitrogens with one attached hydrogen (secondary N) is 1. The van der Waals surface area contributed by atoms with Crippen LogP contribution in [0.2, 0.25) is 5.15 Å². The van der Waals surface area contributed by atoms with Crippen LogP contribution in [0.15, 0.2) is 41.0 Å². The molecule has 0 aliphatic rings. The molecule has 1 heterocycles. The number of benzene rings is 1. The molecule has 0 saturated carbocycles. The minimum Gasteiger partial charge on any atom is -0.348 e. The molecule has 2 aromatic rings. The van der Waals surface area contributed by atoms with Crippen molar-refractivity contribution in [1.29, 1.82) is 0 Å². The second-order valence-electron chi connectivity index (χ2n) is 3.80. The van der Waals surface area contributed by atoms with Crippen LogP contribution in [0.3, 0.4) is 0 Å². The fourth-order valence-corrected chi connectivity index (χ4v) is 2.03. The lowest BCUT2D eigenvalue weighted by atomic mass is 10.2. The standard InChI is InChI=1S/C13H9BrClFN2O/c14-9-5-11(12(15)17-7-9)13(19)18-6-8-2-1-3-10(16)4-8/h1-5,7H,6H2,(H,18,19). The van der Waals surface area contributed by atoms with Crippen LogP contribution in [0.4, 0.5) is 4.39 Å². The van der Waals surface area contributed by atoms with Crippen LogP contribution in [0.25, 0.3) is 0 Å². The average Bonchev–Trinajstić information content (AvgIpc) is 2.39. The SMILES string of the molecule is O=C(NCc1cccc(F)c1)c1cc(Br)cnc1Cl. The quantitative estimate of drug-likeness (QED) is 0.866. The number of aromatic nitrogens is 1. The Morgan fingerprint density at radius 1 is 1.42 bits per heavy atom. The minimum absolute atomic E-state index is 0.125. The molecule has 1 amide bonds. The highest BCUT2D eigenvalue weighted by molar-refractivity contribution is 9.10. The Morgan fingerprint density at radius 2 is 2.21 bits per heavy atom. The van der Waals surface area contributed by atoms with Gasteiger partial charge in [0.2, 0.25) is 0 Å². The van der Waals surface area contributed by atoms with Crippen molar-refractivity contribution < 1.29 is 9.18 Å². The maximum absolute atomic E-state index is 13.0. The molecule has 0 atom stereocenters. The third-order valence-electron chi connectivity index (χ3n) is 2.39. The number of pyridine rings is 1. The van der Waals surface area contributed by atoms with Gasteiger partial charge >= 0.3 is 0 Å². The molecule has 1 N–H and O–H groups in total. The molecule has 19 heavy (non-hydrogen) atoms. The summed E-state index contributed by atoms with van der Waals surface area (Å²) in [5.41, 5.74) is 0.944. The molecule has 0 aliphatic heterocycles. The lowest BCUT2D eigenvalue weighted by Gasteiger charge is -2.07. The first-order valence-corrected chi connectivity index (χ1v) is 6.57. The first-order valence-electron chi connectivity index (χ1n) is 5.40. The molecule has 0 bridgehead atoms. The fourth-order valence-electron chi connectivity index (χ4n) is 1.51. The van der Waals surface area contributed by atoms with E-state index < -0.39 is 0 Å². The first-order chi connectivity index (χ1) is 9.06. The summed E-state index contributed by atoms with van der Waals surface area (Å²) in [5.74, 6) is -0.697. The maximum atomic E-state index is 13.0. The van der Waals surface area contributed by atoms with E-state index in [-0.39, 0.29) is 29.0 Å². The van der Waals surface area contributed by atoms with Gasteiger partial charge in [-0.25, -0.2) is 9.37 Å². The number of rotatable bonds is 3. The van der Waals surface area contributed by atoms with Gasteiger partial charge in [-0.2, -0.15) is 0 Å². The second kappa shape index (κ2) is 6.12. The van der Waals surface area contributed by atoms with Gasteiger partial charge in [0, 0.05) is 17.2 Å². The van der Waals surface area contributed by atoms with E-state index in [0.29, 0.717) is 10.0 Å². The number of carbonyl (C=O) groups excluding carboxylic acids is 1. The summed E-state index contributed by atoms with van der Waals surface area (Å²) >= 11 is 9.06. The van der Waals surface area contributed by atoms with Crippen molar-refractivity contribution >= 4 is 33.4 Å². The summed E-state index contributed by atoms with van der Waals surface area (Å²) in [7, 11) is 0. The molecule has 2 rings (SSSR count). The number of carbonyl (C=O) groups is 1. The molecule has 6 heteroatoms. The Kier molecular flexibility index (Phi) is 4.50. The monoisotopic (exact) mass is 342 g/mol. The molecule has 0 radical (unpaired) electrons. The van der Waals surface area contributed by atoms with Gasteiger partial charge in [0.25, 0.3) is 5.91 Å². The van der Waals surface area contributed by atoms with E-state index in [1.807, 2.05) is 0 Å². The van der Waals surface area contributed by atoms with Gasteiger partial charge in [0.1, 0.15) is 11.0 Å². The summed E-state index contributed by atoms with van der Waals surface area (Å²) in [6.07, 6.45) is 1.51. The summed E-state index contributed by atoms with van der Waals surface area (Å²) in [6.45, 7) is 0.222. The van der Waals surface area contributed by atoms with Crippen molar-refractivity contribution in [2.24, 2.45) is 0 Å². The van der Waals surface area contributed by atoms with Crippen molar-refractivity contribution in [3.05, 3.63) is 63.1 Å². The van der Waals surface area contributed by atoms with Gasteiger partial charge in [0.05, 0.1) is 5.56 Å². The van der Waals surface area contributed by atoms with Crippen molar-refractivity contribution in [2.75, 3.05) is 0 Å². The summed E-state index contributed by atoms with van der Waals surface area (Å²) < 4.78 is 13.6. The molecule has 0 saturated heterocycles. The van der Waals surface area contributed by atoms with E-state index in [0.717, 1.165) is 0 Å². The van der Waals surface area contributed by atoms with Gasteiger partial charge < -0.3 is 5.32 Å². The highest BCUT2D eigenvalue weighted by Gasteiger charge is 2.11. The molecule has 0 unspecified atom stereocenters. The van der Waals surface area contributed by atoms with Gasteiger partial charge in [-0.1, -0.05) is 23.7 Å². The predicted molar refractivity (Wildman–Crippen MR) is 74.5 cm³/mol. The molecular weight excluding hydrogens is 335 g/mol. The Balaban J connectivity index is 2.07. The molecule has 98 valence electrons. The predicted octanol–water partition coefficient (Wildman–Crippen LogP) is 3.57. The van der Waals surface area contributed by atoms with Gasteiger partial charge in [-0.05, 0) is 39.7 Å². The van der Waals surface area contributed by atoms with Gasteiger partial charge in [-0.15, -0.1) is 0 Å². The normalized spacial score (nSPS) is 10.3. The Hall–Kier alpha value is -1.46. The summed E-state index contributed by atoms with van der Waals surface area (Å²) in [6, 6.07) is 7.60. The van der Waals surface area contributed by atoms with Crippen LogP contribution in [-0.2, 0) is 6.54 Å². The average molecular weight is 344 g/mol. The summed E-state index contributed by atoms with van der Waals surface area (Å²) in [5, 5.41) is 2.78. The van der Waals surface area contributed by atoms with Crippen LogP contribution in [0.5, 0.6) is 0 Å². The molecule has 0 spiro atoms. The van der Waals surface area contributed by atoms with Crippen molar-refractivity contribution in [1.82, 2.24) is 10.3 Å². The number of hydrogen-bond donors (Lipinski definition) is 1. The fraction of sp³-hybridized carbons (Fsp3) is 0.0769. The Morgan fingerprint density at radius 3 is 2.95 bits per heavy atom. The second-order valence-corrected chi connectivity index (χ2v) is 5.08. The highest BCUT2D eigenvalue weighted by atomic mass is 79.9. The van der Waals surface area contributed by atoms with E-state index in [2.05, 4.69) is 26.2 Å². The van der Waals surface area contributed by atoms with Crippen LogP contribution in [0.1, 0.15) is 15.9 Å². The van der Waals surface area contributed by atoms with Crippen molar-refractivity contribution in [3.8, 4) is 0 Å². The Labute approximate surface area is 122 Å². The zero-order valence-electron chi connectivity index (χ0n) is 9.66. The Bertz CT molecular complexity index is 621. The van der Waals surface area contributed by atoms with E-state index >= 15 is 0 Å². The molecule has 0 fully saturated rings. The van der Waals surface area contributed by atoms with Crippen molar-refractivity contribution in [3.63, 3.8) is 0 Å². The third kappa shape index (κ3) is 3.75. The zero-order valence-corrected chi connectivity index (χ0v) is 12.0.